The lowest BCUT2D eigenvalue weighted by molar-refractivity contribution is 0.299. The Morgan fingerprint density at radius 2 is 2.14 bits per heavy atom. The van der Waals surface area contributed by atoms with E-state index in [4.69, 9.17) is 10.5 Å². The summed E-state index contributed by atoms with van der Waals surface area (Å²) in [6.07, 6.45) is 4.29. The van der Waals surface area contributed by atoms with E-state index in [1.807, 2.05) is 26.0 Å². The van der Waals surface area contributed by atoms with Crippen molar-refractivity contribution in [3.8, 4) is 5.75 Å². The molecule has 1 atom stereocenters. The zero-order valence-electron chi connectivity index (χ0n) is 12.3. The lowest BCUT2D eigenvalue weighted by Crippen LogP contribution is -2.22. The highest BCUT2D eigenvalue weighted by Gasteiger charge is 2.10. The van der Waals surface area contributed by atoms with Crippen molar-refractivity contribution in [2.45, 2.75) is 39.3 Å². The Hall–Kier alpha value is -2.01. The highest BCUT2D eigenvalue weighted by Crippen LogP contribution is 2.20. The van der Waals surface area contributed by atoms with Gasteiger partial charge in [0.2, 0.25) is 0 Å². The van der Waals surface area contributed by atoms with Crippen molar-refractivity contribution < 1.29 is 9.13 Å². The zero-order chi connectivity index (χ0) is 15.2. The third-order valence-electron chi connectivity index (χ3n) is 3.21. The van der Waals surface area contributed by atoms with E-state index in [1.165, 1.54) is 12.3 Å². The van der Waals surface area contributed by atoms with Crippen molar-refractivity contribution in [2.75, 3.05) is 0 Å². The maximum atomic E-state index is 13.1. The molecule has 0 aliphatic rings. The molecule has 2 aromatic heterocycles. The molecule has 5 heteroatoms. The molecule has 21 heavy (non-hydrogen) atoms. The van der Waals surface area contributed by atoms with Gasteiger partial charge >= 0.3 is 0 Å². The number of hydrogen-bond donors (Lipinski definition) is 1. The summed E-state index contributed by atoms with van der Waals surface area (Å²) in [6, 6.07) is 5.23. The van der Waals surface area contributed by atoms with Gasteiger partial charge in [-0.05, 0) is 31.5 Å². The molecule has 0 bridgehead atoms. The molecule has 2 heterocycles. The van der Waals surface area contributed by atoms with Gasteiger partial charge in [-0.1, -0.05) is 6.92 Å². The van der Waals surface area contributed by atoms with E-state index in [0.29, 0.717) is 17.7 Å². The molecule has 0 aliphatic carbocycles. The number of nitrogens with zero attached hydrogens (tertiary/aromatic N) is 2. The van der Waals surface area contributed by atoms with E-state index < -0.39 is 0 Å². The number of rotatable bonds is 6. The fourth-order valence-corrected chi connectivity index (χ4v) is 1.96. The monoisotopic (exact) mass is 289 g/mol. The van der Waals surface area contributed by atoms with Gasteiger partial charge in [-0.15, -0.1) is 0 Å². The first-order valence-electron chi connectivity index (χ1n) is 7.02. The van der Waals surface area contributed by atoms with Crippen molar-refractivity contribution >= 4 is 0 Å². The van der Waals surface area contributed by atoms with Crippen LogP contribution < -0.4 is 10.5 Å². The minimum absolute atomic E-state index is 0.0532. The predicted octanol–water partition coefficient (Wildman–Crippen LogP) is 2.78. The lowest BCUT2D eigenvalue weighted by Gasteiger charge is -2.14. The van der Waals surface area contributed by atoms with Crippen LogP contribution in [-0.4, -0.2) is 16.0 Å². The Balaban J connectivity index is 2.11. The molecule has 0 aromatic carbocycles. The standard InChI is InChI=1S/C16H20FN3O/c1-3-14(18)7-15-16(5-4-11(2)20-15)21-10-12-6-13(17)9-19-8-12/h4-6,8-9,14H,3,7,10,18H2,1-2H3. The Morgan fingerprint density at radius 3 is 2.86 bits per heavy atom. The molecule has 1 unspecified atom stereocenters. The first-order chi connectivity index (χ1) is 10.1. The van der Waals surface area contributed by atoms with Crippen LogP contribution in [0.25, 0.3) is 0 Å². The Bertz CT molecular complexity index is 604. The second-order valence-corrected chi connectivity index (χ2v) is 5.07. The number of aryl methyl sites for hydroxylation is 1. The second-order valence-electron chi connectivity index (χ2n) is 5.07. The van der Waals surface area contributed by atoms with Gasteiger partial charge in [0.1, 0.15) is 18.2 Å². The van der Waals surface area contributed by atoms with E-state index >= 15 is 0 Å². The summed E-state index contributed by atoms with van der Waals surface area (Å²) in [7, 11) is 0. The predicted molar refractivity (Wildman–Crippen MR) is 79.5 cm³/mol. The average Bonchev–Trinajstić information content (AvgIpc) is 2.46. The third-order valence-corrected chi connectivity index (χ3v) is 3.21. The molecule has 0 aliphatic heterocycles. The molecule has 0 amide bonds. The normalized spacial score (nSPS) is 12.2. The molecule has 2 rings (SSSR count). The summed E-state index contributed by atoms with van der Waals surface area (Å²) in [4.78, 5) is 8.30. The van der Waals surface area contributed by atoms with E-state index in [0.717, 1.165) is 17.8 Å². The maximum absolute atomic E-state index is 13.1. The van der Waals surface area contributed by atoms with Gasteiger partial charge in [0.05, 0.1) is 11.9 Å². The molecular formula is C16H20FN3O. The van der Waals surface area contributed by atoms with Crippen molar-refractivity contribution in [1.29, 1.82) is 0 Å². The minimum Gasteiger partial charge on any atom is -0.487 e. The molecule has 112 valence electrons. The topological polar surface area (TPSA) is 61.0 Å². The van der Waals surface area contributed by atoms with Gasteiger partial charge in [0, 0.05) is 29.9 Å². The van der Waals surface area contributed by atoms with Crippen molar-refractivity contribution in [1.82, 2.24) is 9.97 Å². The van der Waals surface area contributed by atoms with Crippen LogP contribution in [0.5, 0.6) is 5.75 Å². The van der Waals surface area contributed by atoms with Crippen LogP contribution in [0.4, 0.5) is 4.39 Å². The lowest BCUT2D eigenvalue weighted by atomic mass is 10.1. The van der Waals surface area contributed by atoms with Gasteiger partial charge in [-0.25, -0.2) is 4.39 Å². The Morgan fingerprint density at radius 1 is 1.33 bits per heavy atom. The third kappa shape index (κ3) is 4.49. The zero-order valence-corrected chi connectivity index (χ0v) is 12.3. The molecule has 2 N–H and O–H groups in total. The minimum atomic E-state index is -0.369. The SMILES string of the molecule is CCC(N)Cc1nc(C)ccc1OCc1cncc(F)c1. The van der Waals surface area contributed by atoms with Crippen LogP contribution in [0.15, 0.2) is 30.6 Å². The summed E-state index contributed by atoms with van der Waals surface area (Å²) in [5, 5.41) is 0. The molecule has 0 saturated heterocycles. The van der Waals surface area contributed by atoms with Crippen molar-refractivity contribution in [3.63, 3.8) is 0 Å². The van der Waals surface area contributed by atoms with E-state index in [1.54, 1.807) is 6.20 Å². The molecular weight excluding hydrogens is 269 g/mol. The van der Waals surface area contributed by atoms with Crippen LogP contribution in [0.3, 0.4) is 0 Å². The van der Waals surface area contributed by atoms with E-state index in [-0.39, 0.29) is 18.5 Å². The number of halogens is 1. The van der Waals surface area contributed by atoms with E-state index in [9.17, 15) is 4.39 Å². The second kappa shape index (κ2) is 7.13. The quantitative estimate of drug-likeness (QED) is 0.888. The van der Waals surface area contributed by atoms with Crippen molar-refractivity contribution in [3.05, 3.63) is 53.4 Å². The Kier molecular flexibility index (Phi) is 5.22. The van der Waals surface area contributed by atoms with Gasteiger partial charge < -0.3 is 10.5 Å². The molecule has 0 saturated carbocycles. The fraction of sp³-hybridized carbons (Fsp3) is 0.375. The van der Waals surface area contributed by atoms with Crippen LogP contribution in [-0.2, 0) is 13.0 Å². The fourth-order valence-electron chi connectivity index (χ4n) is 1.96. The Labute approximate surface area is 124 Å². The maximum Gasteiger partial charge on any atom is 0.141 e. The number of nitrogens with two attached hydrogens (primary N) is 1. The van der Waals surface area contributed by atoms with Crippen LogP contribution >= 0.6 is 0 Å². The van der Waals surface area contributed by atoms with Gasteiger partial charge in [0.25, 0.3) is 0 Å². The molecule has 0 radical (unpaired) electrons. The van der Waals surface area contributed by atoms with Crippen LogP contribution in [0.1, 0.15) is 30.3 Å². The summed E-state index contributed by atoms with van der Waals surface area (Å²) in [5.74, 6) is 0.320. The van der Waals surface area contributed by atoms with Crippen LogP contribution in [0.2, 0.25) is 0 Å². The summed E-state index contributed by atoms with van der Waals surface area (Å²) in [6.45, 7) is 4.23. The first kappa shape index (κ1) is 15.4. The average molecular weight is 289 g/mol. The number of pyridine rings is 2. The smallest absolute Gasteiger partial charge is 0.141 e. The van der Waals surface area contributed by atoms with Crippen molar-refractivity contribution in [2.24, 2.45) is 5.73 Å². The highest BCUT2D eigenvalue weighted by molar-refractivity contribution is 5.30. The van der Waals surface area contributed by atoms with Gasteiger partial charge in [0.15, 0.2) is 0 Å². The van der Waals surface area contributed by atoms with Gasteiger partial charge in [-0.2, -0.15) is 0 Å². The number of aromatic nitrogens is 2. The van der Waals surface area contributed by atoms with Gasteiger partial charge in [-0.3, -0.25) is 9.97 Å². The summed E-state index contributed by atoms with van der Waals surface area (Å²) < 4.78 is 18.8. The summed E-state index contributed by atoms with van der Waals surface area (Å²) >= 11 is 0. The first-order valence-corrected chi connectivity index (χ1v) is 7.02. The molecule has 0 spiro atoms. The highest BCUT2D eigenvalue weighted by atomic mass is 19.1. The molecule has 0 fully saturated rings. The summed E-state index contributed by atoms with van der Waals surface area (Å²) in [5.41, 5.74) is 8.44. The van der Waals surface area contributed by atoms with E-state index in [2.05, 4.69) is 9.97 Å². The molecule has 4 nitrogen and oxygen atoms in total. The van der Waals surface area contributed by atoms with Crippen LogP contribution in [0, 0.1) is 12.7 Å². The largest absolute Gasteiger partial charge is 0.487 e. The molecule has 2 aromatic rings. The number of hydrogen-bond acceptors (Lipinski definition) is 4. The number of ether oxygens (including phenoxy) is 1.